The molecule has 6 heterocycles. The Morgan fingerprint density at radius 2 is 1.72 bits per heavy atom. The molecule has 308 valence electrons. The van der Waals surface area contributed by atoms with Gasteiger partial charge in [0.05, 0.1) is 47.7 Å². The first-order valence-electron chi connectivity index (χ1n) is 19.0. The Morgan fingerprint density at radius 1 is 1.02 bits per heavy atom. The molecular formula is C38H44ClF3N11O5+. The molecule has 3 aliphatic heterocycles. The lowest BCUT2D eigenvalue weighted by Gasteiger charge is -2.46. The monoisotopic (exact) mass is 826 g/mol. The number of nitrogens with zero attached hydrogens (tertiary/aromatic N) is 8. The highest BCUT2D eigenvalue weighted by Crippen LogP contribution is 2.37. The molecule has 58 heavy (non-hydrogen) atoms. The van der Waals surface area contributed by atoms with E-state index in [2.05, 4.69) is 25.7 Å². The average Bonchev–Trinajstić information content (AvgIpc) is 3.80. The van der Waals surface area contributed by atoms with E-state index in [1.54, 1.807) is 15.9 Å². The second-order valence-corrected chi connectivity index (χ2v) is 15.6. The van der Waals surface area contributed by atoms with Crippen molar-refractivity contribution in [2.45, 2.75) is 25.6 Å². The second kappa shape index (κ2) is 16.5. The Hall–Kier alpha value is -5.37. The van der Waals surface area contributed by atoms with E-state index >= 15 is 0 Å². The smallest absolute Gasteiger partial charge is 0.435 e. The van der Waals surface area contributed by atoms with Crippen LogP contribution in [0, 0.1) is 11.8 Å². The van der Waals surface area contributed by atoms with Crippen LogP contribution in [0.3, 0.4) is 0 Å². The number of carboxylic acids is 1. The normalized spacial score (nSPS) is 20.1. The number of anilines is 1. The number of alkyl halides is 3. The van der Waals surface area contributed by atoms with Crippen LogP contribution in [0.5, 0.6) is 0 Å². The zero-order valence-electron chi connectivity index (χ0n) is 31.7. The van der Waals surface area contributed by atoms with Crippen molar-refractivity contribution in [3.05, 3.63) is 76.6 Å². The van der Waals surface area contributed by atoms with Gasteiger partial charge in [-0.05, 0) is 29.8 Å². The van der Waals surface area contributed by atoms with Crippen molar-refractivity contribution in [3.8, 4) is 17.1 Å². The van der Waals surface area contributed by atoms with Crippen LogP contribution in [0.1, 0.15) is 45.1 Å². The lowest BCUT2D eigenvalue weighted by Crippen LogP contribution is -2.62. The zero-order valence-corrected chi connectivity index (χ0v) is 32.5. The predicted octanol–water partition coefficient (Wildman–Crippen LogP) is 2.87. The van der Waals surface area contributed by atoms with Crippen LogP contribution in [0.2, 0.25) is 5.02 Å². The summed E-state index contributed by atoms with van der Waals surface area (Å²) in [6, 6.07) is 7.49. The minimum absolute atomic E-state index is 0.0176. The molecule has 0 radical (unpaired) electrons. The largest absolute Gasteiger partial charge is 0.477 e. The number of nitrogens with one attached hydrogen (secondary N) is 2. The SMILES string of the molecule is Cn1c(-c2cn(-c3ccc(CN)cn3)nc2C(F)(F)F)cnc1C(=O)Nc1ccc(C(=O)N2CCN(C(=O)C3CC[N+](CC(=O)O)(CC4CNC4)CC3)CC2)c(Cl)c1. The molecule has 0 unspecified atom stereocenters. The molecule has 0 atom stereocenters. The van der Waals surface area contributed by atoms with Gasteiger partial charge >= 0.3 is 12.1 Å². The van der Waals surface area contributed by atoms with Gasteiger partial charge in [-0.25, -0.2) is 19.4 Å². The third-order valence-electron chi connectivity index (χ3n) is 11.3. The number of amides is 3. The molecule has 3 amide bonds. The average molecular weight is 827 g/mol. The summed E-state index contributed by atoms with van der Waals surface area (Å²) in [5.41, 5.74) is 5.20. The summed E-state index contributed by atoms with van der Waals surface area (Å²) in [6.07, 6.45) is 0.180. The summed E-state index contributed by atoms with van der Waals surface area (Å²) in [5.74, 6) is -1.64. The maximum atomic E-state index is 14.1. The van der Waals surface area contributed by atoms with Crippen LogP contribution >= 0.6 is 11.6 Å². The number of carboxylic acid groups (broad SMARTS) is 1. The van der Waals surface area contributed by atoms with E-state index in [0.717, 1.165) is 30.5 Å². The van der Waals surface area contributed by atoms with E-state index in [1.165, 1.54) is 48.3 Å². The molecular weight excluding hydrogens is 783 g/mol. The number of carbonyl (C=O) groups excluding carboxylic acids is 3. The van der Waals surface area contributed by atoms with Gasteiger partial charge in [-0.1, -0.05) is 17.7 Å². The summed E-state index contributed by atoms with van der Waals surface area (Å²) in [6.45, 7) is 5.46. The molecule has 3 aliphatic rings. The lowest BCUT2D eigenvalue weighted by atomic mass is 9.90. The van der Waals surface area contributed by atoms with E-state index in [4.69, 9.17) is 17.3 Å². The third kappa shape index (κ3) is 8.57. The highest BCUT2D eigenvalue weighted by Gasteiger charge is 2.42. The molecule has 0 aliphatic carbocycles. The third-order valence-corrected chi connectivity index (χ3v) is 11.6. The number of aromatic nitrogens is 5. The number of carbonyl (C=O) groups is 4. The standard InChI is InChI=1S/C38H43ClF3N11O5/c1-49-30(28-20-52(48-33(28)38(40,41)42)31-5-2-23(15-43)18-45-31)19-46-34(49)35(56)47-26-3-4-27(29(39)14-26)37(58)51-10-8-50(9-11-51)36(57)25-6-12-53(13-7-25,22-32(54)55)21-24-16-44-17-24/h2-5,14,18-20,24-25,44H,6-13,15-17,21-22,43H2,1H3,(H-,47,54,55,56,58)/p+1. The number of halogens is 4. The summed E-state index contributed by atoms with van der Waals surface area (Å²) < 4.78 is 45.1. The molecule has 5 N–H and O–H groups in total. The van der Waals surface area contributed by atoms with Gasteiger partial charge in [-0.15, -0.1) is 0 Å². The van der Waals surface area contributed by atoms with Crippen molar-refractivity contribution in [2.75, 3.05) is 70.8 Å². The first kappa shape index (κ1) is 40.8. The molecule has 1 aromatic carbocycles. The number of hydrogen-bond acceptors (Lipinski definition) is 9. The van der Waals surface area contributed by atoms with E-state index in [9.17, 15) is 37.5 Å². The van der Waals surface area contributed by atoms with Gasteiger partial charge in [-0.3, -0.25) is 14.4 Å². The summed E-state index contributed by atoms with van der Waals surface area (Å²) in [5, 5.41) is 19.3. The molecule has 0 spiro atoms. The van der Waals surface area contributed by atoms with E-state index in [0.29, 0.717) is 68.1 Å². The van der Waals surface area contributed by atoms with Crippen LogP contribution in [0.25, 0.3) is 17.1 Å². The van der Waals surface area contributed by atoms with Crippen LogP contribution < -0.4 is 16.4 Å². The highest BCUT2D eigenvalue weighted by molar-refractivity contribution is 6.34. The predicted molar refractivity (Wildman–Crippen MR) is 205 cm³/mol. The van der Waals surface area contributed by atoms with Crippen molar-refractivity contribution in [1.29, 1.82) is 0 Å². The van der Waals surface area contributed by atoms with Gasteiger partial charge in [0, 0.05) is 95.6 Å². The van der Waals surface area contributed by atoms with Crippen LogP contribution in [0.15, 0.2) is 48.9 Å². The number of likely N-dealkylation sites (tertiary alicyclic amines) is 1. The van der Waals surface area contributed by atoms with Crippen molar-refractivity contribution in [1.82, 2.24) is 39.4 Å². The summed E-state index contributed by atoms with van der Waals surface area (Å²) in [4.78, 5) is 63.7. The first-order chi connectivity index (χ1) is 27.6. The van der Waals surface area contributed by atoms with Crippen molar-refractivity contribution < 1.29 is 41.9 Å². The van der Waals surface area contributed by atoms with Gasteiger partial charge in [0.1, 0.15) is 0 Å². The number of nitrogens with two attached hydrogens (primary N) is 1. The lowest BCUT2D eigenvalue weighted by molar-refractivity contribution is -0.929. The number of rotatable bonds is 11. The Balaban J connectivity index is 0.956. The Morgan fingerprint density at radius 3 is 2.31 bits per heavy atom. The van der Waals surface area contributed by atoms with Crippen LogP contribution in [0.4, 0.5) is 18.9 Å². The maximum Gasteiger partial charge on any atom is 0.435 e. The second-order valence-electron chi connectivity index (χ2n) is 15.2. The number of pyridine rings is 1. The number of piperidine rings is 1. The number of benzene rings is 1. The van der Waals surface area contributed by atoms with Gasteiger partial charge in [0.25, 0.3) is 11.8 Å². The minimum atomic E-state index is -4.83. The Labute approximate surface area is 336 Å². The molecule has 7 rings (SSSR count). The fraction of sp³-hybridized carbons (Fsp3) is 0.447. The topological polar surface area (TPSA) is 194 Å². The fourth-order valence-electron chi connectivity index (χ4n) is 8.02. The van der Waals surface area contributed by atoms with Gasteiger partial charge < -0.3 is 40.3 Å². The first-order valence-corrected chi connectivity index (χ1v) is 19.3. The molecule has 4 aromatic rings. The molecule has 3 saturated heterocycles. The van der Waals surface area contributed by atoms with E-state index < -0.39 is 23.7 Å². The van der Waals surface area contributed by atoms with Gasteiger partial charge in [0.15, 0.2) is 23.9 Å². The molecule has 3 aromatic heterocycles. The Bertz CT molecular complexity index is 2190. The number of piperazine rings is 1. The molecule has 3 fully saturated rings. The highest BCUT2D eigenvalue weighted by atomic mass is 35.5. The summed E-state index contributed by atoms with van der Waals surface area (Å²) >= 11 is 6.54. The minimum Gasteiger partial charge on any atom is -0.477 e. The quantitative estimate of drug-likeness (QED) is 0.164. The van der Waals surface area contributed by atoms with Crippen molar-refractivity contribution >= 4 is 41.0 Å². The van der Waals surface area contributed by atoms with Crippen molar-refractivity contribution in [2.24, 2.45) is 24.6 Å². The number of hydrogen-bond donors (Lipinski definition) is 4. The number of imidazole rings is 1. The zero-order chi connectivity index (χ0) is 41.4. The Kier molecular flexibility index (Phi) is 11.6. The van der Waals surface area contributed by atoms with E-state index in [-0.39, 0.29) is 70.0 Å². The molecule has 0 saturated carbocycles. The maximum absolute atomic E-state index is 14.1. The van der Waals surface area contributed by atoms with Gasteiger partial charge in [0.2, 0.25) is 5.91 Å². The molecule has 20 heteroatoms. The number of aliphatic carboxylic acids is 1. The summed E-state index contributed by atoms with van der Waals surface area (Å²) in [7, 11) is 1.40. The van der Waals surface area contributed by atoms with Crippen molar-refractivity contribution in [3.63, 3.8) is 0 Å². The van der Waals surface area contributed by atoms with Crippen LogP contribution in [-0.2, 0) is 29.4 Å². The molecule has 0 bridgehead atoms. The molecule has 16 nitrogen and oxygen atoms in total. The number of quaternary nitrogens is 1. The van der Waals surface area contributed by atoms with E-state index in [1.807, 2.05) is 0 Å². The fourth-order valence-corrected chi connectivity index (χ4v) is 8.28. The van der Waals surface area contributed by atoms with Crippen LogP contribution in [-0.4, -0.2) is 133 Å². The van der Waals surface area contributed by atoms with Gasteiger partial charge in [-0.2, -0.15) is 18.3 Å².